The number of ether oxygens (including phenoxy) is 2. The number of piperazine rings is 1. The second-order valence-electron chi connectivity index (χ2n) is 7.80. The fraction of sp³-hybridized carbons (Fsp3) is 0.409. The summed E-state index contributed by atoms with van der Waals surface area (Å²) in [5.41, 5.74) is 2.20. The summed E-state index contributed by atoms with van der Waals surface area (Å²) < 4.78 is 30.0. The molecule has 4 heterocycles. The minimum Gasteiger partial charge on any atom is -0.472 e. The van der Waals surface area contributed by atoms with E-state index in [1.165, 1.54) is 12.1 Å². The first-order valence-corrected chi connectivity index (χ1v) is 10.4. The Morgan fingerprint density at radius 1 is 1.10 bits per heavy atom. The standard InChI is InChI=1S/C22H24FN5O3/c1-15-19(22(26-31-15)16-2-4-17(23)5-3-16)14-30-21-7-6-20(24-25-21)28-9-8-27-10-11-29-13-18(27)12-28/h2-7,18H,8-14H2,1H3/t18-/m0/s1. The lowest BCUT2D eigenvalue weighted by molar-refractivity contribution is -0.0118. The molecule has 8 nitrogen and oxygen atoms in total. The molecule has 5 rings (SSSR count). The van der Waals surface area contributed by atoms with Gasteiger partial charge in [-0.3, -0.25) is 4.90 Å². The lowest BCUT2D eigenvalue weighted by atomic mass is 10.1. The van der Waals surface area contributed by atoms with Crippen molar-refractivity contribution in [2.75, 3.05) is 44.3 Å². The monoisotopic (exact) mass is 425 g/mol. The van der Waals surface area contributed by atoms with E-state index in [1.807, 2.05) is 19.1 Å². The molecule has 2 aliphatic heterocycles. The molecule has 1 aromatic carbocycles. The molecule has 0 saturated carbocycles. The van der Waals surface area contributed by atoms with Crippen molar-refractivity contribution in [2.45, 2.75) is 19.6 Å². The normalized spacial score (nSPS) is 19.3. The van der Waals surface area contributed by atoms with E-state index in [1.54, 1.807) is 12.1 Å². The number of rotatable bonds is 5. The van der Waals surface area contributed by atoms with Crippen LogP contribution in [0.4, 0.5) is 10.2 Å². The van der Waals surface area contributed by atoms with Gasteiger partial charge in [-0.15, -0.1) is 10.2 Å². The number of hydrogen-bond acceptors (Lipinski definition) is 8. The average molecular weight is 425 g/mol. The van der Waals surface area contributed by atoms with Crippen molar-refractivity contribution in [1.82, 2.24) is 20.3 Å². The van der Waals surface area contributed by atoms with Gasteiger partial charge in [0.2, 0.25) is 5.88 Å². The number of benzene rings is 1. The van der Waals surface area contributed by atoms with Gasteiger partial charge in [0.1, 0.15) is 23.9 Å². The highest BCUT2D eigenvalue weighted by molar-refractivity contribution is 5.63. The summed E-state index contributed by atoms with van der Waals surface area (Å²) >= 11 is 0. The van der Waals surface area contributed by atoms with Crippen LogP contribution in [-0.4, -0.2) is 65.7 Å². The van der Waals surface area contributed by atoms with Gasteiger partial charge in [-0.1, -0.05) is 5.16 Å². The smallest absolute Gasteiger partial charge is 0.233 e. The minimum atomic E-state index is -0.297. The van der Waals surface area contributed by atoms with Crippen LogP contribution in [0.5, 0.6) is 5.88 Å². The number of halogens is 1. The quantitative estimate of drug-likeness (QED) is 0.618. The molecule has 0 bridgehead atoms. The number of aryl methyl sites for hydroxylation is 1. The lowest BCUT2D eigenvalue weighted by Gasteiger charge is -2.43. The predicted octanol–water partition coefficient (Wildman–Crippen LogP) is 2.68. The Balaban J connectivity index is 1.24. The molecule has 0 radical (unpaired) electrons. The summed E-state index contributed by atoms with van der Waals surface area (Å²) in [5, 5.41) is 12.7. The Labute approximate surface area is 179 Å². The van der Waals surface area contributed by atoms with E-state index in [0.29, 0.717) is 23.4 Å². The molecular weight excluding hydrogens is 401 g/mol. The van der Waals surface area contributed by atoms with E-state index >= 15 is 0 Å². The molecule has 162 valence electrons. The average Bonchev–Trinajstić information content (AvgIpc) is 3.18. The van der Waals surface area contributed by atoms with Crippen LogP contribution in [-0.2, 0) is 11.3 Å². The number of nitrogens with zero attached hydrogens (tertiary/aromatic N) is 5. The summed E-state index contributed by atoms with van der Waals surface area (Å²) in [4.78, 5) is 4.72. The molecule has 3 aromatic rings. The molecule has 31 heavy (non-hydrogen) atoms. The van der Waals surface area contributed by atoms with Gasteiger partial charge >= 0.3 is 0 Å². The van der Waals surface area contributed by atoms with E-state index in [0.717, 1.165) is 56.3 Å². The van der Waals surface area contributed by atoms with E-state index in [2.05, 4.69) is 25.2 Å². The SMILES string of the molecule is Cc1onc(-c2ccc(F)cc2)c1COc1ccc(N2CCN3CCOC[C@@H]3C2)nn1. The Bertz CT molecular complexity index is 1020. The summed E-state index contributed by atoms with van der Waals surface area (Å²) in [5.74, 6) is 1.62. The van der Waals surface area contributed by atoms with Crippen molar-refractivity contribution >= 4 is 5.82 Å². The molecule has 2 saturated heterocycles. The topological polar surface area (TPSA) is 76.8 Å². The van der Waals surface area contributed by atoms with Crippen LogP contribution in [0.3, 0.4) is 0 Å². The molecule has 2 aliphatic rings. The molecule has 0 amide bonds. The maximum atomic E-state index is 13.2. The summed E-state index contributed by atoms with van der Waals surface area (Å²) in [6.07, 6.45) is 0. The zero-order chi connectivity index (χ0) is 21.2. The Morgan fingerprint density at radius 2 is 1.97 bits per heavy atom. The fourth-order valence-corrected chi connectivity index (χ4v) is 4.06. The van der Waals surface area contributed by atoms with E-state index in [-0.39, 0.29) is 12.4 Å². The maximum absolute atomic E-state index is 13.2. The van der Waals surface area contributed by atoms with Crippen LogP contribution in [0.15, 0.2) is 40.9 Å². The largest absolute Gasteiger partial charge is 0.472 e. The van der Waals surface area contributed by atoms with Crippen molar-refractivity contribution < 1.29 is 18.4 Å². The minimum absolute atomic E-state index is 0.230. The third kappa shape index (κ3) is 4.24. The van der Waals surface area contributed by atoms with Gasteiger partial charge in [-0.25, -0.2) is 4.39 Å². The first-order valence-electron chi connectivity index (χ1n) is 10.4. The van der Waals surface area contributed by atoms with Crippen molar-refractivity contribution in [3.8, 4) is 17.1 Å². The molecule has 0 spiro atoms. The summed E-state index contributed by atoms with van der Waals surface area (Å²) in [6, 6.07) is 10.3. The summed E-state index contributed by atoms with van der Waals surface area (Å²) in [6.45, 7) is 7.45. The highest BCUT2D eigenvalue weighted by Crippen LogP contribution is 2.27. The van der Waals surface area contributed by atoms with Crippen LogP contribution >= 0.6 is 0 Å². The van der Waals surface area contributed by atoms with Crippen molar-refractivity contribution in [1.29, 1.82) is 0 Å². The van der Waals surface area contributed by atoms with Gasteiger partial charge < -0.3 is 18.9 Å². The third-order valence-electron chi connectivity index (χ3n) is 5.85. The fourth-order valence-electron chi connectivity index (χ4n) is 4.06. The van der Waals surface area contributed by atoms with Gasteiger partial charge in [-0.05, 0) is 37.3 Å². The maximum Gasteiger partial charge on any atom is 0.233 e. The Kier molecular flexibility index (Phi) is 5.52. The molecule has 2 aromatic heterocycles. The summed E-state index contributed by atoms with van der Waals surface area (Å²) in [7, 11) is 0. The van der Waals surface area contributed by atoms with Crippen LogP contribution in [0.1, 0.15) is 11.3 Å². The van der Waals surface area contributed by atoms with Crippen LogP contribution in [0.2, 0.25) is 0 Å². The molecule has 9 heteroatoms. The van der Waals surface area contributed by atoms with Crippen molar-refractivity contribution in [2.24, 2.45) is 0 Å². The van der Waals surface area contributed by atoms with E-state index in [9.17, 15) is 4.39 Å². The molecule has 1 atom stereocenters. The molecule has 0 unspecified atom stereocenters. The molecule has 0 N–H and O–H groups in total. The van der Waals surface area contributed by atoms with Gasteiger partial charge in [0.05, 0.1) is 24.8 Å². The van der Waals surface area contributed by atoms with Crippen LogP contribution < -0.4 is 9.64 Å². The Hall–Kier alpha value is -3.04. The molecular formula is C22H24FN5O3. The molecule has 2 fully saturated rings. The van der Waals surface area contributed by atoms with Gasteiger partial charge in [0, 0.05) is 37.8 Å². The van der Waals surface area contributed by atoms with E-state index in [4.69, 9.17) is 14.0 Å². The third-order valence-corrected chi connectivity index (χ3v) is 5.85. The van der Waals surface area contributed by atoms with Crippen molar-refractivity contribution in [3.05, 3.63) is 53.5 Å². The number of fused-ring (bicyclic) bond motifs is 1. The van der Waals surface area contributed by atoms with Gasteiger partial charge in [-0.2, -0.15) is 0 Å². The zero-order valence-electron chi connectivity index (χ0n) is 17.3. The van der Waals surface area contributed by atoms with Gasteiger partial charge in [0.15, 0.2) is 5.82 Å². The highest BCUT2D eigenvalue weighted by atomic mass is 19.1. The number of morpholine rings is 1. The van der Waals surface area contributed by atoms with Gasteiger partial charge in [0.25, 0.3) is 0 Å². The second kappa shape index (κ2) is 8.60. The first kappa shape index (κ1) is 19.9. The zero-order valence-corrected chi connectivity index (χ0v) is 17.3. The van der Waals surface area contributed by atoms with E-state index < -0.39 is 0 Å². The van der Waals surface area contributed by atoms with Crippen LogP contribution in [0, 0.1) is 12.7 Å². The highest BCUT2D eigenvalue weighted by Gasteiger charge is 2.30. The van der Waals surface area contributed by atoms with Crippen LogP contribution in [0.25, 0.3) is 11.3 Å². The number of anilines is 1. The van der Waals surface area contributed by atoms with Crippen molar-refractivity contribution in [3.63, 3.8) is 0 Å². The second-order valence-corrected chi connectivity index (χ2v) is 7.80. The lowest BCUT2D eigenvalue weighted by Crippen LogP contribution is -2.58. The number of hydrogen-bond donors (Lipinski definition) is 0. The molecule has 0 aliphatic carbocycles. The predicted molar refractivity (Wildman–Crippen MR) is 111 cm³/mol. The first-order chi connectivity index (χ1) is 15.2. The Morgan fingerprint density at radius 3 is 2.77 bits per heavy atom. The number of aromatic nitrogens is 3.